The highest BCUT2D eigenvalue weighted by Crippen LogP contribution is 2.22. The number of likely N-dealkylation sites (tertiary alicyclic amines) is 2. The van der Waals surface area contributed by atoms with Crippen LogP contribution in [0.15, 0.2) is 85.7 Å². The Morgan fingerprint density at radius 2 is 1.47 bits per heavy atom. The fourth-order valence-electron chi connectivity index (χ4n) is 4.92. The van der Waals surface area contributed by atoms with Gasteiger partial charge in [0.2, 0.25) is 11.8 Å². The zero-order chi connectivity index (χ0) is 30.0. The van der Waals surface area contributed by atoms with Gasteiger partial charge in [0.25, 0.3) is 0 Å². The van der Waals surface area contributed by atoms with Crippen molar-refractivity contribution in [3.63, 3.8) is 0 Å². The van der Waals surface area contributed by atoms with Crippen LogP contribution < -0.4 is 10.6 Å². The lowest BCUT2D eigenvalue weighted by Crippen LogP contribution is -2.25. The second-order valence-corrected chi connectivity index (χ2v) is 10.2. The molecule has 12 heteroatoms. The summed E-state index contributed by atoms with van der Waals surface area (Å²) in [5, 5.41) is 23.3. The Hall–Kier alpha value is -5.75. The molecule has 43 heavy (non-hydrogen) atoms. The zero-order valence-corrected chi connectivity index (χ0v) is 23.4. The molecule has 216 valence electrons. The number of benzene rings is 1. The Balaban J connectivity index is 0.000000171. The molecule has 4 aromatic rings. The van der Waals surface area contributed by atoms with Crippen molar-refractivity contribution in [2.24, 2.45) is 11.8 Å². The van der Waals surface area contributed by atoms with Crippen molar-refractivity contribution in [1.29, 1.82) is 10.5 Å². The number of amides is 2. The molecule has 6 rings (SSSR count). The monoisotopic (exact) mass is 574 g/mol. The van der Waals surface area contributed by atoms with Crippen LogP contribution in [0, 0.1) is 34.7 Å². The van der Waals surface area contributed by atoms with E-state index in [1.165, 1.54) is 0 Å². The molecule has 5 heterocycles. The van der Waals surface area contributed by atoms with E-state index in [-0.39, 0.29) is 23.7 Å². The number of nitriles is 2. The van der Waals surface area contributed by atoms with Gasteiger partial charge in [-0.3, -0.25) is 9.59 Å². The van der Waals surface area contributed by atoms with Crippen molar-refractivity contribution in [2.75, 3.05) is 36.8 Å². The van der Waals surface area contributed by atoms with E-state index in [0.717, 1.165) is 16.8 Å². The first-order chi connectivity index (χ1) is 21.0. The van der Waals surface area contributed by atoms with Gasteiger partial charge in [0.15, 0.2) is 12.4 Å². The molecule has 3 aromatic heterocycles. The topological polar surface area (TPSA) is 156 Å². The second-order valence-electron chi connectivity index (χ2n) is 10.2. The Kier molecular flexibility index (Phi) is 9.19. The highest BCUT2D eigenvalue weighted by Gasteiger charge is 2.29. The maximum absolute atomic E-state index is 12.2. The van der Waals surface area contributed by atoms with E-state index < -0.39 is 0 Å². The molecule has 2 saturated heterocycles. The van der Waals surface area contributed by atoms with Crippen LogP contribution in [0.1, 0.15) is 12.8 Å². The summed E-state index contributed by atoms with van der Waals surface area (Å²) in [5.41, 5.74) is 2.97. The Bertz CT molecular complexity index is 1610. The van der Waals surface area contributed by atoms with Crippen molar-refractivity contribution in [1.82, 2.24) is 29.3 Å². The molecule has 2 unspecified atom stereocenters. The predicted octanol–water partition coefficient (Wildman–Crippen LogP) is 3.50. The van der Waals surface area contributed by atoms with Crippen LogP contribution >= 0.6 is 0 Å². The van der Waals surface area contributed by atoms with Crippen molar-refractivity contribution >= 4 is 23.5 Å². The first kappa shape index (κ1) is 28.8. The molecule has 2 aliphatic heterocycles. The summed E-state index contributed by atoms with van der Waals surface area (Å²) in [4.78, 5) is 39.9. The van der Waals surface area contributed by atoms with Gasteiger partial charge in [0.05, 0.1) is 30.0 Å². The van der Waals surface area contributed by atoms with E-state index in [1.807, 2.05) is 59.3 Å². The molecule has 0 aliphatic carbocycles. The maximum atomic E-state index is 12.2. The molecule has 0 bridgehead atoms. The molecular weight excluding hydrogens is 544 g/mol. The van der Waals surface area contributed by atoms with Crippen molar-refractivity contribution in [2.45, 2.75) is 12.8 Å². The molecule has 12 nitrogen and oxygen atoms in total. The summed E-state index contributed by atoms with van der Waals surface area (Å²) in [6.07, 6.45) is 14.1. The average molecular weight is 575 g/mol. The number of nitrogens with one attached hydrogen (secondary N) is 2. The van der Waals surface area contributed by atoms with E-state index in [2.05, 4.69) is 38.0 Å². The lowest BCUT2D eigenvalue weighted by atomic mass is 10.1. The minimum Gasteiger partial charge on any atom is -0.310 e. The maximum Gasteiger partial charge on any atom is 0.230 e. The number of aromatic nitrogens is 4. The first-order valence-electron chi connectivity index (χ1n) is 13.9. The van der Waals surface area contributed by atoms with Crippen LogP contribution in [0.25, 0.3) is 16.8 Å². The number of anilines is 2. The Morgan fingerprint density at radius 1 is 0.791 bits per heavy atom. The molecular formula is C31H30N10O2. The van der Waals surface area contributed by atoms with Gasteiger partial charge in [-0.05, 0) is 48.2 Å². The van der Waals surface area contributed by atoms with Gasteiger partial charge in [-0.15, -0.1) is 0 Å². The van der Waals surface area contributed by atoms with E-state index in [9.17, 15) is 9.59 Å². The largest absolute Gasteiger partial charge is 0.310 e. The van der Waals surface area contributed by atoms with Gasteiger partial charge in [-0.2, -0.15) is 10.5 Å². The SMILES string of the molecule is N#CN1CCC(C(=O)Nc2cc(-c3ccccc3)ccn2)C1.N#CN1CCC(C(=O)Nc2ccc(-n3ccnc3)cn2)C1. The number of carbonyl (C=O) groups excluding carboxylic acids is 2. The summed E-state index contributed by atoms with van der Waals surface area (Å²) < 4.78 is 1.83. The Labute approximate surface area is 249 Å². The number of pyridine rings is 2. The summed E-state index contributed by atoms with van der Waals surface area (Å²) >= 11 is 0. The van der Waals surface area contributed by atoms with Crippen molar-refractivity contribution < 1.29 is 9.59 Å². The molecule has 2 amide bonds. The third-order valence-electron chi connectivity index (χ3n) is 7.32. The van der Waals surface area contributed by atoms with Crippen LogP contribution in [-0.2, 0) is 9.59 Å². The number of imidazole rings is 1. The quantitative estimate of drug-likeness (QED) is 0.329. The highest BCUT2D eigenvalue weighted by atomic mass is 16.2. The van der Waals surface area contributed by atoms with Crippen molar-refractivity contribution in [3.05, 3.63) is 85.7 Å². The summed E-state index contributed by atoms with van der Waals surface area (Å²) in [6.45, 7) is 2.25. The third kappa shape index (κ3) is 7.51. The number of carbonyl (C=O) groups is 2. The molecule has 0 spiro atoms. The lowest BCUT2D eigenvalue weighted by molar-refractivity contribution is -0.120. The molecule has 2 aliphatic rings. The summed E-state index contributed by atoms with van der Waals surface area (Å²) in [7, 11) is 0. The summed E-state index contributed by atoms with van der Waals surface area (Å²) in [5.74, 6) is 0.591. The number of nitrogens with zero attached hydrogens (tertiary/aromatic N) is 8. The fraction of sp³-hybridized carbons (Fsp3) is 0.258. The lowest BCUT2D eigenvalue weighted by Gasteiger charge is -2.11. The molecule has 0 radical (unpaired) electrons. The van der Waals surface area contributed by atoms with Gasteiger partial charge in [-0.25, -0.2) is 15.0 Å². The minimum absolute atomic E-state index is 0.0736. The zero-order valence-electron chi connectivity index (χ0n) is 23.4. The molecule has 1 aromatic carbocycles. The van der Waals surface area contributed by atoms with E-state index >= 15 is 0 Å². The van der Waals surface area contributed by atoms with Crippen LogP contribution in [0.2, 0.25) is 0 Å². The highest BCUT2D eigenvalue weighted by molar-refractivity contribution is 5.93. The van der Waals surface area contributed by atoms with E-state index in [1.54, 1.807) is 40.8 Å². The molecule has 2 fully saturated rings. The van der Waals surface area contributed by atoms with E-state index in [4.69, 9.17) is 10.5 Å². The normalized spacial score (nSPS) is 17.3. The standard InChI is InChI=1S/C17H16N4O.C14H14N6O/c18-12-21-9-7-15(11-21)17(22)20-16-10-14(6-8-19-16)13-4-2-1-3-5-13;15-9-19-5-3-11(8-19)14(21)18-13-2-1-12(7-17-13)20-6-4-16-10-20/h1-6,8,10,15H,7,9,11H2,(H,19,20,22);1-2,4,6-7,10-11H,3,5,8H2,(H,17,18,21). The number of hydrogen-bond donors (Lipinski definition) is 2. The third-order valence-corrected chi connectivity index (χ3v) is 7.32. The van der Waals surface area contributed by atoms with Gasteiger partial charge in [0, 0.05) is 44.8 Å². The fourth-order valence-corrected chi connectivity index (χ4v) is 4.92. The predicted molar refractivity (Wildman–Crippen MR) is 159 cm³/mol. The van der Waals surface area contributed by atoms with Gasteiger partial charge < -0.3 is 25.0 Å². The van der Waals surface area contributed by atoms with Crippen LogP contribution in [-0.4, -0.2) is 67.3 Å². The van der Waals surface area contributed by atoms with Crippen molar-refractivity contribution in [3.8, 4) is 29.2 Å². The van der Waals surface area contributed by atoms with Crippen LogP contribution in [0.4, 0.5) is 11.6 Å². The minimum atomic E-state index is -0.153. The van der Waals surface area contributed by atoms with Crippen LogP contribution in [0.3, 0.4) is 0 Å². The average Bonchev–Trinajstić information content (AvgIpc) is 3.85. The number of rotatable bonds is 6. The molecule has 0 saturated carbocycles. The summed E-state index contributed by atoms with van der Waals surface area (Å²) in [6, 6.07) is 17.3. The van der Waals surface area contributed by atoms with Gasteiger partial charge >= 0.3 is 0 Å². The van der Waals surface area contributed by atoms with Gasteiger partial charge in [0.1, 0.15) is 11.6 Å². The number of hydrogen-bond acceptors (Lipinski definition) is 9. The first-order valence-corrected chi connectivity index (χ1v) is 13.9. The van der Waals surface area contributed by atoms with E-state index in [0.29, 0.717) is 50.7 Å². The van der Waals surface area contributed by atoms with Gasteiger partial charge in [-0.1, -0.05) is 30.3 Å². The van der Waals surface area contributed by atoms with Crippen LogP contribution in [0.5, 0.6) is 0 Å². The Morgan fingerprint density at radius 3 is 2.02 bits per heavy atom. The molecule has 2 N–H and O–H groups in total. The second kappa shape index (κ2) is 13.7. The smallest absolute Gasteiger partial charge is 0.230 e. The molecule has 2 atom stereocenters.